The number of benzene rings is 2. The van der Waals surface area contributed by atoms with Crippen LogP contribution in [0.15, 0.2) is 48.5 Å². The lowest BCUT2D eigenvalue weighted by Gasteiger charge is -2.12. The molecule has 6 heteroatoms. The van der Waals surface area contributed by atoms with Crippen LogP contribution in [0.4, 0.5) is 5.69 Å². The van der Waals surface area contributed by atoms with Gasteiger partial charge in [0.25, 0.3) is 0 Å². The van der Waals surface area contributed by atoms with E-state index in [1.807, 2.05) is 0 Å². The molecule has 4 N–H and O–H groups in total. The predicted molar refractivity (Wildman–Crippen MR) is 86.6 cm³/mol. The molecule has 0 aliphatic heterocycles. The lowest BCUT2D eigenvalue weighted by atomic mass is 10.1. The van der Waals surface area contributed by atoms with Gasteiger partial charge in [0.2, 0.25) is 5.91 Å². The van der Waals surface area contributed by atoms with Gasteiger partial charge in [0.05, 0.1) is 5.69 Å². The van der Waals surface area contributed by atoms with Crippen LogP contribution >= 0.6 is 0 Å². The lowest BCUT2D eigenvalue weighted by molar-refractivity contribution is -0.138. The number of anilines is 1. The summed E-state index contributed by atoms with van der Waals surface area (Å²) in [6, 6.07) is 13.2. The zero-order chi connectivity index (χ0) is 16.8. The van der Waals surface area contributed by atoms with Gasteiger partial charge >= 0.3 is 5.97 Å². The molecule has 1 atom stereocenters. The minimum absolute atomic E-state index is 0.181. The van der Waals surface area contributed by atoms with Gasteiger partial charge in [0.1, 0.15) is 11.8 Å². The summed E-state index contributed by atoms with van der Waals surface area (Å²) in [7, 11) is 0. The van der Waals surface area contributed by atoms with Crippen molar-refractivity contribution in [1.82, 2.24) is 0 Å². The van der Waals surface area contributed by atoms with Crippen molar-refractivity contribution in [1.29, 1.82) is 0 Å². The predicted octanol–water partition coefficient (Wildman–Crippen LogP) is 2.39. The average Bonchev–Trinajstić information content (AvgIpc) is 2.50. The van der Waals surface area contributed by atoms with Crippen LogP contribution in [0, 0.1) is 0 Å². The Labute approximate surface area is 133 Å². The number of ether oxygens (including phenoxy) is 1. The van der Waals surface area contributed by atoms with E-state index < -0.39 is 12.0 Å². The van der Waals surface area contributed by atoms with Crippen molar-refractivity contribution in [3.63, 3.8) is 0 Å². The molecule has 0 bridgehead atoms. The highest BCUT2D eigenvalue weighted by Crippen LogP contribution is 2.29. The first-order valence-corrected chi connectivity index (χ1v) is 7.07. The zero-order valence-electron chi connectivity index (χ0n) is 12.7. The van der Waals surface area contributed by atoms with Crippen LogP contribution in [-0.4, -0.2) is 23.0 Å². The van der Waals surface area contributed by atoms with Crippen molar-refractivity contribution < 1.29 is 19.4 Å². The molecule has 0 fully saturated rings. The molecule has 0 saturated heterocycles. The maximum Gasteiger partial charge on any atom is 0.320 e. The minimum Gasteiger partial charge on any atom is -0.480 e. The molecule has 2 aromatic rings. The molecule has 1 amide bonds. The quantitative estimate of drug-likeness (QED) is 0.760. The van der Waals surface area contributed by atoms with Crippen LogP contribution in [0.1, 0.15) is 12.5 Å². The number of carbonyl (C=O) groups excluding carboxylic acids is 1. The van der Waals surface area contributed by atoms with Gasteiger partial charge < -0.3 is 20.9 Å². The summed E-state index contributed by atoms with van der Waals surface area (Å²) in [6.45, 7) is 1.43. The van der Waals surface area contributed by atoms with E-state index >= 15 is 0 Å². The lowest BCUT2D eigenvalue weighted by Crippen LogP contribution is -2.32. The van der Waals surface area contributed by atoms with E-state index in [4.69, 9.17) is 15.6 Å². The van der Waals surface area contributed by atoms with E-state index in [9.17, 15) is 9.59 Å². The number of amides is 1. The highest BCUT2D eigenvalue weighted by atomic mass is 16.5. The SMILES string of the molecule is CC(=O)Nc1ccccc1Oc1ccc(C[C@H](N)C(=O)O)cc1. The fourth-order valence-electron chi connectivity index (χ4n) is 2.01. The third-order valence-corrected chi connectivity index (χ3v) is 3.12. The van der Waals surface area contributed by atoms with Gasteiger partial charge in [-0.3, -0.25) is 9.59 Å². The third-order valence-electron chi connectivity index (χ3n) is 3.12. The Morgan fingerprint density at radius 1 is 1.17 bits per heavy atom. The molecule has 2 rings (SSSR count). The van der Waals surface area contributed by atoms with Crippen molar-refractivity contribution >= 4 is 17.6 Å². The van der Waals surface area contributed by atoms with Crippen LogP contribution in [0.2, 0.25) is 0 Å². The van der Waals surface area contributed by atoms with Crippen molar-refractivity contribution in [2.24, 2.45) is 5.73 Å². The Hall–Kier alpha value is -2.86. The number of aliphatic carboxylic acids is 1. The smallest absolute Gasteiger partial charge is 0.320 e. The zero-order valence-corrected chi connectivity index (χ0v) is 12.7. The van der Waals surface area contributed by atoms with Gasteiger partial charge in [-0.05, 0) is 36.2 Å². The molecule has 0 aromatic heterocycles. The Morgan fingerprint density at radius 3 is 2.43 bits per heavy atom. The summed E-state index contributed by atoms with van der Waals surface area (Å²) in [6.07, 6.45) is 0.248. The Morgan fingerprint density at radius 2 is 1.83 bits per heavy atom. The summed E-state index contributed by atoms with van der Waals surface area (Å²) >= 11 is 0. The summed E-state index contributed by atoms with van der Waals surface area (Å²) < 4.78 is 5.76. The second-order valence-electron chi connectivity index (χ2n) is 5.07. The molecular weight excluding hydrogens is 296 g/mol. The topological polar surface area (TPSA) is 102 Å². The van der Waals surface area contributed by atoms with Crippen LogP contribution < -0.4 is 15.8 Å². The number of nitrogens with two attached hydrogens (primary N) is 1. The molecule has 6 nitrogen and oxygen atoms in total. The third kappa shape index (κ3) is 4.82. The number of carboxylic acids is 1. The van der Waals surface area contributed by atoms with Gasteiger partial charge in [-0.25, -0.2) is 0 Å². The van der Waals surface area contributed by atoms with Gasteiger partial charge in [-0.1, -0.05) is 24.3 Å². The minimum atomic E-state index is -1.03. The Bertz CT molecular complexity index is 698. The monoisotopic (exact) mass is 314 g/mol. The van der Waals surface area contributed by atoms with Gasteiger partial charge in [-0.15, -0.1) is 0 Å². The molecule has 2 aromatic carbocycles. The largest absolute Gasteiger partial charge is 0.480 e. The molecule has 120 valence electrons. The number of carbonyl (C=O) groups is 2. The highest BCUT2D eigenvalue weighted by Gasteiger charge is 2.12. The van der Waals surface area contributed by atoms with Crippen LogP contribution in [-0.2, 0) is 16.0 Å². The second kappa shape index (κ2) is 7.42. The number of hydrogen-bond donors (Lipinski definition) is 3. The molecule has 0 aliphatic carbocycles. The fraction of sp³-hybridized carbons (Fsp3) is 0.176. The van der Waals surface area contributed by atoms with E-state index in [-0.39, 0.29) is 12.3 Å². The summed E-state index contributed by atoms with van der Waals surface area (Å²) in [4.78, 5) is 21.9. The molecule has 0 aliphatic rings. The average molecular weight is 314 g/mol. The maximum absolute atomic E-state index is 11.2. The van der Waals surface area contributed by atoms with Crippen LogP contribution in [0.5, 0.6) is 11.5 Å². The summed E-state index contributed by atoms with van der Waals surface area (Å²) in [5.74, 6) is -0.109. The van der Waals surface area contributed by atoms with Gasteiger partial charge in [-0.2, -0.15) is 0 Å². The summed E-state index contributed by atoms with van der Waals surface area (Å²) in [5.41, 5.74) is 6.89. The molecule has 0 saturated carbocycles. The fourth-order valence-corrected chi connectivity index (χ4v) is 2.01. The van der Waals surface area contributed by atoms with E-state index in [0.29, 0.717) is 17.2 Å². The van der Waals surface area contributed by atoms with Crippen LogP contribution in [0.25, 0.3) is 0 Å². The maximum atomic E-state index is 11.2. The van der Waals surface area contributed by atoms with E-state index in [1.54, 1.807) is 48.5 Å². The number of carboxylic acid groups (broad SMARTS) is 1. The van der Waals surface area contributed by atoms with Crippen molar-refractivity contribution in [3.8, 4) is 11.5 Å². The number of hydrogen-bond acceptors (Lipinski definition) is 4. The summed E-state index contributed by atoms with van der Waals surface area (Å²) in [5, 5.41) is 11.5. The molecule has 0 unspecified atom stereocenters. The van der Waals surface area contributed by atoms with Crippen molar-refractivity contribution in [2.75, 3.05) is 5.32 Å². The normalized spacial score (nSPS) is 11.6. The van der Waals surface area contributed by atoms with Gasteiger partial charge in [0, 0.05) is 6.92 Å². The molecule has 23 heavy (non-hydrogen) atoms. The first-order valence-electron chi connectivity index (χ1n) is 7.07. The Balaban J connectivity index is 2.09. The molecular formula is C17H18N2O4. The molecule has 0 radical (unpaired) electrons. The molecule has 0 heterocycles. The van der Waals surface area contributed by atoms with Crippen LogP contribution in [0.3, 0.4) is 0 Å². The standard InChI is InChI=1S/C17H18N2O4/c1-11(20)19-15-4-2-3-5-16(15)23-13-8-6-12(7-9-13)10-14(18)17(21)22/h2-9,14H,10,18H2,1H3,(H,19,20)(H,21,22)/t14-/m0/s1. The van der Waals surface area contributed by atoms with Crippen molar-refractivity contribution in [3.05, 3.63) is 54.1 Å². The number of para-hydroxylation sites is 2. The Kier molecular flexibility index (Phi) is 5.32. The van der Waals surface area contributed by atoms with Crippen molar-refractivity contribution in [2.45, 2.75) is 19.4 Å². The molecule has 0 spiro atoms. The number of rotatable bonds is 6. The van der Waals surface area contributed by atoms with E-state index in [2.05, 4.69) is 5.32 Å². The first kappa shape index (κ1) is 16.5. The number of nitrogens with one attached hydrogen (secondary N) is 1. The first-order chi connectivity index (χ1) is 11.0. The van der Waals surface area contributed by atoms with Gasteiger partial charge in [0.15, 0.2) is 5.75 Å². The van der Waals surface area contributed by atoms with E-state index in [0.717, 1.165) is 5.56 Å². The second-order valence-corrected chi connectivity index (χ2v) is 5.07. The highest BCUT2D eigenvalue weighted by molar-refractivity contribution is 5.90. The van der Waals surface area contributed by atoms with E-state index in [1.165, 1.54) is 6.92 Å².